The van der Waals surface area contributed by atoms with E-state index in [1.165, 1.54) is 38.5 Å². The van der Waals surface area contributed by atoms with Crippen LogP contribution in [-0.2, 0) is 4.79 Å². The summed E-state index contributed by atoms with van der Waals surface area (Å²) < 4.78 is 0. The number of rotatable bonds is 3. The molecule has 0 bridgehead atoms. The lowest BCUT2D eigenvalue weighted by Crippen LogP contribution is -2.50. The second kappa shape index (κ2) is 8.23. The summed E-state index contributed by atoms with van der Waals surface area (Å²) >= 11 is 0. The number of piperidine rings is 1. The van der Waals surface area contributed by atoms with Crippen molar-refractivity contribution in [2.75, 3.05) is 49.1 Å². The van der Waals surface area contributed by atoms with E-state index in [1.54, 1.807) is 0 Å². The van der Waals surface area contributed by atoms with Gasteiger partial charge in [-0.15, -0.1) is 10.2 Å². The van der Waals surface area contributed by atoms with E-state index in [0.29, 0.717) is 5.91 Å². The number of hydrogen-bond donors (Lipinski definition) is 0. The van der Waals surface area contributed by atoms with Crippen LogP contribution in [-0.4, -0.2) is 60.3 Å². The molecular formula is C20H31N5O. The predicted molar refractivity (Wildman–Crippen MR) is 103 cm³/mol. The molecule has 3 heterocycles. The van der Waals surface area contributed by atoms with E-state index in [0.717, 1.165) is 63.7 Å². The molecule has 0 N–H and O–H groups in total. The van der Waals surface area contributed by atoms with Crippen molar-refractivity contribution in [1.29, 1.82) is 0 Å². The molecule has 1 aliphatic carbocycles. The van der Waals surface area contributed by atoms with E-state index in [9.17, 15) is 4.79 Å². The Balaban J connectivity index is 1.30. The number of anilines is 2. The zero-order valence-corrected chi connectivity index (χ0v) is 15.8. The third kappa shape index (κ3) is 3.94. The van der Waals surface area contributed by atoms with Crippen LogP contribution >= 0.6 is 0 Å². The first-order valence-corrected chi connectivity index (χ1v) is 10.4. The van der Waals surface area contributed by atoms with Crippen molar-refractivity contribution in [3.05, 3.63) is 12.1 Å². The SMILES string of the molecule is O=C(C1CCCCC1)N1CCN(c2ccc(N3CCCCC3)nn2)CC1. The van der Waals surface area contributed by atoms with Gasteiger partial charge in [0.15, 0.2) is 11.6 Å². The van der Waals surface area contributed by atoms with Crippen LogP contribution in [0.4, 0.5) is 11.6 Å². The fourth-order valence-corrected chi connectivity index (χ4v) is 4.54. The highest BCUT2D eigenvalue weighted by Crippen LogP contribution is 2.26. The Bertz CT molecular complexity index is 585. The molecule has 0 radical (unpaired) electrons. The van der Waals surface area contributed by atoms with Crippen molar-refractivity contribution >= 4 is 17.5 Å². The minimum Gasteiger partial charge on any atom is -0.355 e. The molecule has 26 heavy (non-hydrogen) atoms. The summed E-state index contributed by atoms with van der Waals surface area (Å²) in [5.74, 6) is 2.60. The van der Waals surface area contributed by atoms with Crippen molar-refractivity contribution in [3.8, 4) is 0 Å². The van der Waals surface area contributed by atoms with Crippen LogP contribution in [0.15, 0.2) is 12.1 Å². The van der Waals surface area contributed by atoms with E-state index in [4.69, 9.17) is 0 Å². The minimum absolute atomic E-state index is 0.277. The number of hydrogen-bond acceptors (Lipinski definition) is 5. The van der Waals surface area contributed by atoms with Gasteiger partial charge in [0.2, 0.25) is 5.91 Å². The summed E-state index contributed by atoms with van der Waals surface area (Å²) in [5, 5.41) is 8.93. The quantitative estimate of drug-likeness (QED) is 0.832. The van der Waals surface area contributed by atoms with Gasteiger partial charge in [0.25, 0.3) is 0 Å². The molecule has 0 spiro atoms. The molecule has 6 heteroatoms. The Kier molecular flexibility index (Phi) is 5.56. The van der Waals surface area contributed by atoms with Crippen LogP contribution in [0.3, 0.4) is 0 Å². The van der Waals surface area contributed by atoms with Crippen molar-refractivity contribution in [1.82, 2.24) is 15.1 Å². The average molecular weight is 358 g/mol. The van der Waals surface area contributed by atoms with Gasteiger partial charge in [-0.2, -0.15) is 0 Å². The number of carbonyl (C=O) groups is 1. The Morgan fingerprint density at radius 2 is 1.27 bits per heavy atom. The molecule has 142 valence electrons. The maximum absolute atomic E-state index is 12.7. The Hall–Kier alpha value is -1.85. The van der Waals surface area contributed by atoms with Crippen molar-refractivity contribution in [2.24, 2.45) is 5.92 Å². The van der Waals surface area contributed by atoms with Crippen LogP contribution in [0.25, 0.3) is 0 Å². The second-order valence-corrected chi connectivity index (χ2v) is 7.94. The van der Waals surface area contributed by atoms with Gasteiger partial charge in [0.1, 0.15) is 0 Å². The van der Waals surface area contributed by atoms with Gasteiger partial charge in [0, 0.05) is 45.2 Å². The largest absolute Gasteiger partial charge is 0.355 e. The zero-order chi connectivity index (χ0) is 17.8. The van der Waals surface area contributed by atoms with Crippen molar-refractivity contribution < 1.29 is 4.79 Å². The molecule has 2 saturated heterocycles. The van der Waals surface area contributed by atoms with Crippen LogP contribution in [0, 0.1) is 5.92 Å². The zero-order valence-electron chi connectivity index (χ0n) is 15.8. The molecule has 1 saturated carbocycles. The lowest BCUT2D eigenvalue weighted by molar-refractivity contribution is -0.136. The highest BCUT2D eigenvalue weighted by Gasteiger charge is 2.28. The first kappa shape index (κ1) is 17.6. The average Bonchev–Trinajstić information content (AvgIpc) is 2.75. The molecule has 6 nitrogen and oxygen atoms in total. The Morgan fingerprint density at radius 1 is 0.731 bits per heavy atom. The third-order valence-corrected chi connectivity index (χ3v) is 6.19. The highest BCUT2D eigenvalue weighted by molar-refractivity contribution is 5.79. The van der Waals surface area contributed by atoms with Crippen LogP contribution in [0.2, 0.25) is 0 Å². The standard InChI is InChI=1S/C20H31N5O/c26-20(17-7-3-1-4-8-17)25-15-13-24(14-16-25)19-10-9-18(21-22-19)23-11-5-2-6-12-23/h9-10,17H,1-8,11-16H2. The van der Waals surface area contributed by atoms with E-state index >= 15 is 0 Å². The van der Waals surface area contributed by atoms with Gasteiger partial charge in [-0.3, -0.25) is 4.79 Å². The fraction of sp³-hybridized carbons (Fsp3) is 0.750. The number of piperazine rings is 1. The van der Waals surface area contributed by atoms with Crippen molar-refractivity contribution in [3.63, 3.8) is 0 Å². The van der Waals surface area contributed by atoms with Gasteiger partial charge in [0.05, 0.1) is 0 Å². The fourth-order valence-electron chi connectivity index (χ4n) is 4.54. The summed E-state index contributed by atoms with van der Waals surface area (Å²) in [5.41, 5.74) is 0. The molecule has 1 aromatic heterocycles. The summed E-state index contributed by atoms with van der Waals surface area (Å²) in [6, 6.07) is 4.20. The number of nitrogens with zero attached hydrogens (tertiary/aromatic N) is 5. The number of amides is 1. The van der Waals surface area contributed by atoms with E-state index in [-0.39, 0.29) is 5.92 Å². The van der Waals surface area contributed by atoms with Gasteiger partial charge in [-0.1, -0.05) is 19.3 Å². The van der Waals surface area contributed by atoms with E-state index in [1.807, 2.05) is 0 Å². The maximum Gasteiger partial charge on any atom is 0.225 e. The van der Waals surface area contributed by atoms with E-state index in [2.05, 4.69) is 37.0 Å². The molecule has 0 aromatic carbocycles. The summed E-state index contributed by atoms with van der Waals surface area (Å²) in [4.78, 5) is 19.4. The first-order chi connectivity index (χ1) is 12.8. The third-order valence-electron chi connectivity index (χ3n) is 6.19. The molecule has 3 aliphatic rings. The molecule has 2 aliphatic heterocycles. The molecular weight excluding hydrogens is 326 g/mol. The topological polar surface area (TPSA) is 52.6 Å². The smallest absolute Gasteiger partial charge is 0.225 e. The molecule has 4 rings (SSSR count). The summed E-state index contributed by atoms with van der Waals surface area (Å²) in [6.07, 6.45) is 9.73. The van der Waals surface area contributed by atoms with Crippen LogP contribution in [0.1, 0.15) is 51.4 Å². The van der Waals surface area contributed by atoms with Gasteiger partial charge < -0.3 is 14.7 Å². The van der Waals surface area contributed by atoms with Crippen LogP contribution in [0.5, 0.6) is 0 Å². The second-order valence-electron chi connectivity index (χ2n) is 7.94. The molecule has 0 atom stereocenters. The molecule has 3 fully saturated rings. The number of carbonyl (C=O) groups excluding carboxylic acids is 1. The number of aromatic nitrogens is 2. The Labute approximate surface area is 156 Å². The minimum atomic E-state index is 0.277. The summed E-state index contributed by atoms with van der Waals surface area (Å²) in [6.45, 7) is 5.52. The van der Waals surface area contributed by atoms with Crippen LogP contribution < -0.4 is 9.80 Å². The lowest BCUT2D eigenvalue weighted by Gasteiger charge is -2.37. The Morgan fingerprint density at radius 3 is 1.85 bits per heavy atom. The van der Waals surface area contributed by atoms with Crippen molar-refractivity contribution in [2.45, 2.75) is 51.4 Å². The van der Waals surface area contributed by atoms with Gasteiger partial charge in [-0.25, -0.2) is 0 Å². The first-order valence-electron chi connectivity index (χ1n) is 10.4. The van der Waals surface area contributed by atoms with Gasteiger partial charge in [-0.05, 0) is 44.2 Å². The molecule has 0 unspecified atom stereocenters. The predicted octanol–water partition coefficient (Wildman–Crippen LogP) is 2.70. The molecule has 1 aromatic rings. The normalized spacial score (nSPS) is 22.5. The summed E-state index contributed by atoms with van der Waals surface area (Å²) in [7, 11) is 0. The van der Waals surface area contributed by atoms with E-state index < -0.39 is 0 Å². The monoisotopic (exact) mass is 357 g/mol. The lowest BCUT2D eigenvalue weighted by atomic mass is 9.88. The molecule has 1 amide bonds. The highest BCUT2D eigenvalue weighted by atomic mass is 16.2. The maximum atomic E-state index is 12.7. The van der Waals surface area contributed by atoms with Gasteiger partial charge >= 0.3 is 0 Å².